The molecular weight excluding hydrogens is 1380 g/mol. The van der Waals surface area contributed by atoms with Crippen LogP contribution < -0.4 is 36.7 Å². The van der Waals surface area contributed by atoms with Crippen molar-refractivity contribution >= 4 is 56.9 Å². The van der Waals surface area contributed by atoms with Crippen LogP contribution in [-0.4, -0.2) is 148 Å². The van der Waals surface area contributed by atoms with E-state index in [1.165, 1.54) is 48.5 Å². The summed E-state index contributed by atoms with van der Waals surface area (Å²) >= 11 is 0. The van der Waals surface area contributed by atoms with Gasteiger partial charge in [-0.1, -0.05) is 0 Å². The minimum Gasteiger partial charge on any atom is -0.488 e. The number of aliphatic hydroxyl groups excluding tert-OH is 1. The summed E-state index contributed by atoms with van der Waals surface area (Å²) in [5.74, 6) is -1.72. The quantitative estimate of drug-likeness (QED) is 0.0585. The Morgan fingerprint density at radius 2 is 1.01 bits per heavy atom. The number of fused-ring (bicyclic) bond motifs is 4. The van der Waals surface area contributed by atoms with Gasteiger partial charge < -0.3 is 65.9 Å². The molecule has 4 atom stereocenters. The number of carboxylic acids is 1. The van der Waals surface area contributed by atoms with Gasteiger partial charge in [-0.3, -0.25) is 14.2 Å². The summed E-state index contributed by atoms with van der Waals surface area (Å²) in [5.41, 5.74) is 24.7. The van der Waals surface area contributed by atoms with Crippen LogP contribution in [0, 0.1) is 51.7 Å². The van der Waals surface area contributed by atoms with Crippen LogP contribution >= 0.6 is 0 Å². The third-order valence-electron chi connectivity index (χ3n) is 16.8. The van der Waals surface area contributed by atoms with E-state index in [0.717, 1.165) is 101 Å². The van der Waals surface area contributed by atoms with Gasteiger partial charge in [-0.15, -0.1) is 10.2 Å². The summed E-state index contributed by atoms with van der Waals surface area (Å²) < 4.78 is 109. The van der Waals surface area contributed by atoms with Crippen molar-refractivity contribution in [3.05, 3.63) is 209 Å². The average Bonchev–Trinajstić information content (AvgIpc) is 1.58. The Hall–Kier alpha value is -12.2. The zero-order valence-corrected chi connectivity index (χ0v) is 57.1. The molecule has 4 saturated heterocycles. The van der Waals surface area contributed by atoms with E-state index in [4.69, 9.17) is 66.0 Å². The van der Waals surface area contributed by atoms with E-state index in [1.54, 1.807) is 80.6 Å². The molecule has 0 spiro atoms. The molecule has 4 aliphatic heterocycles. The lowest BCUT2D eigenvalue weighted by molar-refractivity contribution is 0.0696. The Morgan fingerprint density at radius 1 is 0.566 bits per heavy atom. The molecule has 6 aromatic carbocycles. The Balaban J connectivity index is 0.000000139. The van der Waals surface area contributed by atoms with E-state index in [2.05, 4.69) is 35.7 Å². The highest BCUT2D eigenvalue weighted by atomic mass is 19.1. The van der Waals surface area contributed by atoms with Gasteiger partial charge in [0.1, 0.15) is 76.8 Å². The number of carbonyl (C=O) groups is 2. The molecule has 548 valence electrons. The second-order valence-electron chi connectivity index (χ2n) is 24.3. The molecular formula is C74H71F5N16O11. The number of hydrogen-bond acceptors (Lipinski definition) is 21. The van der Waals surface area contributed by atoms with Crippen LogP contribution in [0.25, 0.3) is 55.4 Å². The van der Waals surface area contributed by atoms with E-state index in [-0.39, 0.29) is 77.8 Å². The number of carbonyl (C=O) groups excluding carboxylic acids is 1. The number of nitrogens with two attached hydrogens (primary N) is 3. The average molecular weight is 1460 g/mol. The molecule has 16 rings (SSSR count). The fourth-order valence-corrected chi connectivity index (χ4v) is 11.4. The summed E-state index contributed by atoms with van der Waals surface area (Å²) in [4.78, 5) is 33.1. The molecule has 4 unspecified atom stereocenters. The van der Waals surface area contributed by atoms with Gasteiger partial charge in [0.05, 0.1) is 92.5 Å². The number of rotatable bonds is 13. The number of amides is 1. The summed E-state index contributed by atoms with van der Waals surface area (Å²) in [6, 6.07) is 33.1. The van der Waals surface area contributed by atoms with Gasteiger partial charge in [0.2, 0.25) is 11.9 Å². The number of nitrogens with zero attached hydrogens (tertiary/aromatic N) is 12. The first kappa shape index (κ1) is 75.0. The van der Waals surface area contributed by atoms with Crippen LogP contribution in [0.5, 0.6) is 17.2 Å². The molecule has 0 aliphatic carbocycles. The first-order valence-corrected chi connectivity index (χ1v) is 33.2. The number of aliphatic hydroxyl groups is 1. The summed E-state index contributed by atoms with van der Waals surface area (Å²) in [6.07, 6.45) is 10.0. The highest BCUT2D eigenvalue weighted by Crippen LogP contribution is 2.34. The number of ether oxygens (including phenoxy) is 7. The van der Waals surface area contributed by atoms with Gasteiger partial charge in [-0.05, 0) is 150 Å². The number of aryl methyl sites for hydroxylation is 2. The minimum atomic E-state index is -0.984. The number of nitriles is 2. The molecule has 0 radical (unpaired) electrons. The standard InChI is InChI=1S/C26H24FN7O3.C15H12N6O2.C11H14FNO2.C11H10FNO2.C7H3F2N.C4H8O2/c1-33-22-10-16(9-20(21(22)13-30-33)15-4-6-34-24(11-15)31-26(28)32-34)25(35)29-12-17-8-18(27)2-3-23(17)37-19-5-7-36-14-19;1-20-12-5-9(14(22)23)4-10(11(12)7-17-20)8-2-3-21-13(6-8)18-15(16)19-21;2*12-9-1-2-11(8(5-9)6-13)15-10-3-4-14-7-10;8-6-1-2-7(9)5(3-6)4-10;5-4-1-2-6-3-4/h2-4,6,8-11,13,19H,5,7,12,14H2,1H3,(H2,28,32)(H,29,35);2-7H,1H3,(H2,16,19)(H,22,23);1-2,5,10H,3-4,6-7,13H2;1-2,5,10H,3-4,7H2;1-3H;4-5H,1-3H2. The van der Waals surface area contributed by atoms with Crippen molar-refractivity contribution in [1.82, 2.24) is 54.1 Å². The summed E-state index contributed by atoms with van der Waals surface area (Å²) in [7, 11) is 3.60. The second-order valence-corrected chi connectivity index (χ2v) is 24.3. The van der Waals surface area contributed by atoms with E-state index in [0.29, 0.717) is 84.9 Å². The maximum atomic E-state index is 14.0. The van der Waals surface area contributed by atoms with E-state index in [1.807, 2.05) is 43.4 Å². The number of aromatic carboxylic acids is 1. The van der Waals surface area contributed by atoms with Crippen molar-refractivity contribution in [3.63, 3.8) is 0 Å². The largest absolute Gasteiger partial charge is 0.488 e. The van der Waals surface area contributed by atoms with Crippen molar-refractivity contribution in [3.8, 4) is 51.6 Å². The molecule has 4 fully saturated rings. The topological polar surface area (TPSA) is 373 Å². The SMILES string of the molecule is Cn1ncc2c(-c3ccn4nc(N)nc4c3)cc(C(=O)NCc3cc(F)ccc3OC3CCOC3)cc21.Cn1ncc2c(-c3ccn4nc(N)nc4c3)cc(C(=O)O)cc21.N#Cc1cc(F)ccc1F.N#Cc1cc(F)ccc1OC1CCOC1.NCc1cc(F)ccc1OC1CCOC1.OC1CCOC1. The number of carboxylic acid groups (broad SMARTS) is 1. The van der Waals surface area contributed by atoms with Gasteiger partial charge in [0.25, 0.3) is 5.91 Å². The fourth-order valence-electron chi connectivity index (χ4n) is 11.4. The molecule has 0 saturated carbocycles. The Bertz CT molecular complexity index is 5190. The summed E-state index contributed by atoms with van der Waals surface area (Å²) in [6.45, 7) is 5.31. The van der Waals surface area contributed by atoms with Gasteiger partial charge in [-0.25, -0.2) is 35.8 Å². The highest BCUT2D eigenvalue weighted by molar-refractivity contribution is 6.04. The first-order chi connectivity index (χ1) is 51.2. The third kappa shape index (κ3) is 19.2. The maximum Gasteiger partial charge on any atom is 0.335 e. The van der Waals surface area contributed by atoms with Crippen LogP contribution in [0.2, 0.25) is 0 Å². The monoisotopic (exact) mass is 1450 g/mol. The molecule has 12 aromatic rings. The van der Waals surface area contributed by atoms with Crippen LogP contribution in [0.15, 0.2) is 146 Å². The van der Waals surface area contributed by atoms with Gasteiger partial charge in [0.15, 0.2) is 11.3 Å². The zero-order chi connectivity index (χ0) is 75.0. The minimum absolute atomic E-state index is 0.0254. The van der Waals surface area contributed by atoms with Gasteiger partial charge in [-0.2, -0.15) is 30.7 Å². The van der Waals surface area contributed by atoms with Crippen LogP contribution in [-0.2, 0) is 46.1 Å². The Labute approximate surface area is 601 Å². The molecule has 32 heteroatoms. The lowest BCUT2D eigenvalue weighted by Crippen LogP contribution is -2.24. The number of halogens is 5. The highest BCUT2D eigenvalue weighted by Gasteiger charge is 2.24. The van der Waals surface area contributed by atoms with Crippen molar-refractivity contribution in [2.75, 3.05) is 64.3 Å². The molecule has 9 N–H and O–H groups in total. The first-order valence-electron chi connectivity index (χ1n) is 33.2. The molecule has 27 nitrogen and oxygen atoms in total. The Morgan fingerprint density at radius 3 is 1.46 bits per heavy atom. The predicted octanol–water partition coefficient (Wildman–Crippen LogP) is 9.59. The van der Waals surface area contributed by atoms with Crippen LogP contribution in [0.4, 0.5) is 33.8 Å². The van der Waals surface area contributed by atoms with Crippen molar-refractivity contribution in [1.29, 1.82) is 10.5 Å². The van der Waals surface area contributed by atoms with Crippen molar-refractivity contribution < 1.29 is 74.9 Å². The lowest BCUT2D eigenvalue weighted by atomic mass is 9.99. The number of pyridine rings is 2. The predicted molar refractivity (Wildman–Crippen MR) is 376 cm³/mol. The van der Waals surface area contributed by atoms with Crippen molar-refractivity contribution in [2.45, 2.75) is 63.2 Å². The number of nitrogen functional groups attached to an aromatic ring is 2. The number of hydrogen-bond donors (Lipinski definition) is 6. The fraction of sp³-hybridized carbons (Fsp3) is 0.270. The molecule has 4 aliphatic rings. The molecule has 6 aromatic heterocycles. The number of anilines is 2. The zero-order valence-electron chi connectivity index (χ0n) is 57.1. The second kappa shape index (κ2) is 34.9. The molecule has 106 heavy (non-hydrogen) atoms. The van der Waals surface area contributed by atoms with E-state index in [9.17, 15) is 36.6 Å². The van der Waals surface area contributed by atoms with Crippen LogP contribution in [0.1, 0.15) is 68.7 Å². The smallest absolute Gasteiger partial charge is 0.335 e. The van der Waals surface area contributed by atoms with E-state index < -0.39 is 29.2 Å². The summed E-state index contributed by atoms with van der Waals surface area (Å²) in [5, 5.41) is 56.3. The number of benzene rings is 6. The van der Waals surface area contributed by atoms with Crippen LogP contribution in [0.3, 0.4) is 0 Å². The van der Waals surface area contributed by atoms with E-state index >= 15 is 0 Å². The maximum absolute atomic E-state index is 14.0. The molecule has 1 amide bonds. The number of aromatic nitrogens is 10. The normalized spacial score (nSPS) is 16.4. The van der Waals surface area contributed by atoms with Gasteiger partial charge in [0, 0.05) is 92.9 Å². The molecule has 0 bridgehead atoms. The molecule has 10 heterocycles. The third-order valence-corrected chi connectivity index (χ3v) is 16.8. The number of nitrogens with one attached hydrogen (secondary N) is 1. The lowest BCUT2D eigenvalue weighted by Gasteiger charge is -2.16. The Kier molecular flexibility index (Phi) is 24.7. The van der Waals surface area contributed by atoms with Crippen molar-refractivity contribution in [2.24, 2.45) is 19.8 Å². The van der Waals surface area contributed by atoms with Gasteiger partial charge >= 0.3 is 5.97 Å².